The molecule has 0 aromatic carbocycles. The van der Waals surface area contributed by atoms with E-state index < -0.39 is 0 Å². The number of aryl methyl sites for hydroxylation is 2. The topological polar surface area (TPSA) is 72.1 Å². The zero-order valence-corrected chi connectivity index (χ0v) is 11.7. The van der Waals surface area contributed by atoms with Crippen molar-refractivity contribution >= 4 is 11.9 Å². The van der Waals surface area contributed by atoms with Gasteiger partial charge in [-0.2, -0.15) is 0 Å². The van der Waals surface area contributed by atoms with Crippen molar-refractivity contribution in [1.29, 1.82) is 0 Å². The lowest BCUT2D eigenvalue weighted by Crippen LogP contribution is -2.25. The van der Waals surface area contributed by atoms with E-state index in [2.05, 4.69) is 16.9 Å². The van der Waals surface area contributed by atoms with E-state index in [1.165, 1.54) is 0 Å². The fourth-order valence-corrected chi connectivity index (χ4v) is 1.88. The number of nitrogens with zero attached hydrogens (tertiary/aromatic N) is 3. The van der Waals surface area contributed by atoms with Crippen LogP contribution >= 0.6 is 0 Å². The minimum Gasteiger partial charge on any atom is -0.368 e. The number of nitrogens with two attached hydrogens (primary N) is 1. The molecule has 0 bridgehead atoms. The lowest BCUT2D eigenvalue weighted by Gasteiger charge is -2.15. The van der Waals surface area contributed by atoms with Gasteiger partial charge >= 0.3 is 0 Å². The van der Waals surface area contributed by atoms with Gasteiger partial charge in [0.25, 0.3) is 5.91 Å². The van der Waals surface area contributed by atoms with Gasteiger partial charge in [0, 0.05) is 14.1 Å². The van der Waals surface area contributed by atoms with Crippen LogP contribution in [0.4, 0.5) is 5.95 Å². The molecule has 1 rings (SSSR count). The van der Waals surface area contributed by atoms with Crippen LogP contribution in [0.15, 0.2) is 0 Å². The highest BCUT2D eigenvalue weighted by Crippen LogP contribution is 2.16. The molecule has 0 aliphatic carbocycles. The zero-order valence-electron chi connectivity index (χ0n) is 11.7. The van der Waals surface area contributed by atoms with Gasteiger partial charge < -0.3 is 10.6 Å². The van der Waals surface area contributed by atoms with Crippen molar-refractivity contribution in [3.63, 3.8) is 0 Å². The molecule has 0 fully saturated rings. The molecule has 5 nitrogen and oxygen atoms in total. The average Bonchev–Trinajstić information content (AvgIpc) is 2.27. The standard InChI is InChI=1S/C13H22N4O/c1-5-6-7-8-10-11(12(18)17(3)4)9(2)15-13(14)16-10/h5-8H2,1-4H3,(H2,14,15,16). The fraction of sp³-hybridized carbons (Fsp3) is 0.615. The number of aromatic nitrogens is 2. The van der Waals surface area contributed by atoms with Crippen molar-refractivity contribution < 1.29 is 4.79 Å². The van der Waals surface area contributed by atoms with Gasteiger partial charge in [-0.15, -0.1) is 0 Å². The predicted molar refractivity (Wildman–Crippen MR) is 72.4 cm³/mol. The summed E-state index contributed by atoms with van der Waals surface area (Å²) in [5.41, 5.74) is 7.69. The minimum atomic E-state index is -0.0565. The number of hydrogen-bond acceptors (Lipinski definition) is 4. The molecule has 1 aromatic heterocycles. The Morgan fingerprint density at radius 3 is 2.50 bits per heavy atom. The second-order valence-corrected chi connectivity index (χ2v) is 4.65. The summed E-state index contributed by atoms with van der Waals surface area (Å²) in [6.45, 7) is 3.95. The molecule has 0 saturated carbocycles. The number of rotatable bonds is 5. The summed E-state index contributed by atoms with van der Waals surface area (Å²) in [5, 5.41) is 0. The van der Waals surface area contributed by atoms with Crippen molar-refractivity contribution in [3.05, 3.63) is 17.0 Å². The highest BCUT2D eigenvalue weighted by Gasteiger charge is 2.19. The molecular formula is C13H22N4O. The highest BCUT2D eigenvalue weighted by molar-refractivity contribution is 5.96. The average molecular weight is 250 g/mol. The molecule has 1 amide bonds. The predicted octanol–water partition coefficient (Wildman–Crippen LogP) is 1.80. The summed E-state index contributed by atoms with van der Waals surface area (Å²) in [7, 11) is 3.46. The van der Waals surface area contributed by atoms with E-state index in [0.717, 1.165) is 31.4 Å². The quantitative estimate of drug-likeness (QED) is 0.809. The summed E-state index contributed by atoms with van der Waals surface area (Å²) >= 11 is 0. The van der Waals surface area contributed by atoms with Crippen LogP contribution in [0.1, 0.15) is 47.9 Å². The second kappa shape index (κ2) is 6.33. The third-order valence-corrected chi connectivity index (χ3v) is 2.82. The van der Waals surface area contributed by atoms with Gasteiger partial charge in [-0.05, 0) is 19.8 Å². The van der Waals surface area contributed by atoms with Gasteiger partial charge in [0.2, 0.25) is 5.95 Å². The van der Waals surface area contributed by atoms with Crippen LogP contribution in [-0.4, -0.2) is 34.9 Å². The van der Waals surface area contributed by atoms with E-state index >= 15 is 0 Å². The molecule has 5 heteroatoms. The summed E-state index contributed by atoms with van der Waals surface area (Å²) in [6, 6.07) is 0. The second-order valence-electron chi connectivity index (χ2n) is 4.65. The molecule has 0 unspecified atom stereocenters. The number of carbonyl (C=O) groups is 1. The monoisotopic (exact) mass is 250 g/mol. The molecule has 1 heterocycles. The number of amides is 1. The van der Waals surface area contributed by atoms with E-state index in [0.29, 0.717) is 11.3 Å². The minimum absolute atomic E-state index is 0.0565. The summed E-state index contributed by atoms with van der Waals surface area (Å²) in [6.07, 6.45) is 4.05. The van der Waals surface area contributed by atoms with Gasteiger partial charge in [-0.1, -0.05) is 19.8 Å². The third kappa shape index (κ3) is 3.42. The van der Waals surface area contributed by atoms with E-state index in [-0.39, 0.29) is 11.9 Å². The van der Waals surface area contributed by atoms with Crippen LogP contribution in [-0.2, 0) is 6.42 Å². The van der Waals surface area contributed by atoms with Crippen molar-refractivity contribution in [2.75, 3.05) is 19.8 Å². The van der Waals surface area contributed by atoms with Crippen molar-refractivity contribution in [3.8, 4) is 0 Å². The number of unbranched alkanes of at least 4 members (excludes halogenated alkanes) is 2. The first-order chi connectivity index (χ1) is 8.47. The molecule has 100 valence electrons. The Hall–Kier alpha value is -1.65. The molecule has 18 heavy (non-hydrogen) atoms. The van der Waals surface area contributed by atoms with Crippen LogP contribution < -0.4 is 5.73 Å². The van der Waals surface area contributed by atoms with Crippen LogP contribution in [0.25, 0.3) is 0 Å². The fourth-order valence-electron chi connectivity index (χ4n) is 1.88. The Balaban J connectivity index is 3.08. The smallest absolute Gasteiger partial charge is 0.257 e. The molecule has 1 aromatic rings. The van der Waals surface area contributed by atoms with Crippen LogP contribution in [0.2, 0.25) is 0 Å². The normalized spacial score (nSPS) is 10.4. The first-order valence-corrected chi connectivity index (χ1v) is 6.32. The van der Waals surface area contributed by atoms with E-state index in [1.807, 2.05) is 0 Å². The molecule has 0 spiro atoms. The molecule has 0 radical (unpaired) electrons. The van der Waals surface area contributed by atoms with Gasteiger partial charge in [-0.3, -0.25) is 4.79 Å². The van der Waals surface area contributed by atoms with Gasteiger partial charge in [0.05, 0.1) is 17.0 Å². The van der Waals surface area contributed by atoms with Gasteiger partial charge in [0.15, 0.2) is 0 Å². The molecule has 0 aliphatic heterocycles. The maximum Gasteiger partial charge on any atom is 0.257 e. The Morgan fingerprint density at radius 1 is 1.28 bits per heavy atom. The molecule has 2 N–H and O–H groups in total. The van der Waals surface area contributed by atoms with Crippen molar-refractivity contribution in [2.24, 2.45) is 0 Å². The Labute approximate surface area is 108 Å². The Morgan fingerprint density at radius 2 is 1.94 bits per heavy atom. The summed E-state index contributed by atoms with van der Waals surface area (Å²) in [4.78, 5) is 22.0. The van der Waals surface area contributed by atoms with Crippen LogP contribution in [0, 0.1) is 6.92 Å². The third-order valence-electron chi connectivity index (χ3n) is 2.82. The van der Waals surface area contributed by atoms with E-state index in [1.54, 1.807) is 25.9 Å². The zero-order chi connectivity index (χ0) is 13.7. The van der Waals surface area contributed by atoms with E-state index in [4.69, 9.17) is 5.73 Å². The first-order valence-electron chi connectivity index (χ1n) is 6.32. The molecule has 0 saturated heterocycles. The summed E-state index contributed by atoms with van der Waals surface area (Å²) in [5.74, 6) is 0.188. The maximum atomic E-state index is 12.1. The maximum absolute atomic E-state index is 12.1. The number of nitrogen functional groups attached to an aromatic ring is 1. The van der Waals surface area contributed by atoms with Gasteiger partial charge in [0.1, 0.15) is 0 Å². The lowest BCUT2D eigenvalue weighted by atomic mass is 10.0. The Bertz CT molecular complexity index is 429. The first kappa shape index (κ1) is 14.4. The van der Waals surface area contributed by atoms with Crippen molar-refractivity contribution in [1.82, 2.24) is 14.9 Å². The van der Waals surface area contributed by atoms with Crippen LogP contribution in [0.5, 0.6) is 0 Å². The molecular weight excluding hydrogens is 228 g/mol. The lowest BCUT2D eigenvalue weighted by molar-refractivity contribution is 0.0824. The molecule has 0 aliphatic rings. The number of hydrogen-bond donors (Lipinski definition) is 1. The SMILES string of the molecule is CCCCCc1nc(N)nc(C)c1C(=O)N(C)C. The summed E-state index contributed by atoms with van der Waals surface area (Å²) < 4.78 is 0. The van der Waals surface area contributed by atoms with Gasteiger partial charge in [-0.25, -0.2) is 9.97 Å². The van der Waals surface area contributed by atoms with Crippen LogP contribution in [0.3, 0.4) is 0 Å². The number of carbonyl (C=O) groups excluding carboxylic acids is 1. The van der Waals surface area contributed by atoms with Crippen molar-refractivity contribution in [2.45, 2.75) is 39.5 Å². The number of anilines is 1. The largest absolute Gasteiger partial charge is 0.368 e. The molecule has 0 atom stereocenters. The highest BCUT2D eigenvalue weighted by atomic mass is 16.2. The van der Waals surface area contributed by atoms with E-state index in [9.17, 15) is 4.79 Å². The Kier molecular flexibility index (Phi) is 5.07.